The summed E-state index contributed by atoms with van der Waals surface area (Å²) in [6.45, 7) is 4.06. The van der Waals surface area contributed by atoms with E-state index in [2.05, 4.69) is 5.32 Å². The first-order valence-corrected chi connectivity index (χ1v) is 12.9. The summed E-state index contributed by atoms with van der Waals surface area (Å²) in [7, 11) is -2.43. The second kappa shape index (κ2) is 9.27. The average Bonchev–Trinajstić information content (AvgIpc) is 3.06. The van der Waals surface area contributed by atoms with E-state index >= 15 is 0 Å². The largest absolute Gasteiger partial charge is 0.351 e. The van der Waals surface area contributed by atoms with Crippen LogP contribution in [0.1, 0.15) is 42.9 Å². The summed E-state index contributed by atoms with van der Waals surface area (Å²) in [5, 5.41) is 2.77. The highest BCUT2D eigenvalue weighted by Crippen LogP contribution is 2.38. The minimum atomic E-state index is -3.84. The number of rotatable bonds is 7. The Morgan fingerprint density at radius 2 is 1.82 bits per heavy atom. The van der Waals surface area contributed by atoms with Crippen LogP contribution in [0.2, 0.25) is 0 Å². The number of aryl methyl sites for hydroxylation is 1. The van der Waals surface area contributed by atoms with Crippen molar-refractivity contribution in [1.82, 2.24) is 9.62 Å². The Labute approximate surface area is 195 Å². The van der Waals surface area contributed by atoms with E-state index in [0.29, 0.717) is 13.0 Å². The Morgan fingerprint density at radius 1 is 1.12 bits per heavy atom. The SMILES string of the molecule is Cc1ccc(CNC(=O)CN(C)S(=O)(=O)c2ccc3c(c2)C[C@H](C)N3C(=O)C2CCC2)cc1. The number of hydrogen-bond donors (Lipinski definition) is 1. The molecule has 1 heterocycles. The van der Waals surface area contributed by atoms with E-state index in [1.54, 1.807) is 12.1 Å². The highest BCUT2D eigenvalue weighted by atomic mass is 32.2. The zero-order valence-corrected chi connectivity index (χ0v) is 20.2. The zero-order valence-electron chi connectivity index (χ0n) is 19.4. The second-order valence-corrected chi connectivity index (χ2v) is 11.2. The average molecular weight is 470 g/mol. The molecule has 0 radical (unpaired) electrons. The number of benzene rings is 2. The molecule has 0 unspecified atom stereocenters. The fourth-order valence-electron chi connectivity index (χ4n) is 4.39. The topological polar surface area (TPSA) is 86.8 Å². The van der Waals surface area contributed by atoms with Crippen LogP contribution in [-0.4, -0.2) is 44.2 Å². The maximum atomic E-state index is 13.1. The lowest BCUT2D eigenvalue weighted by Gasteiger charge is -2.32. The summed E-state index contributed by atoms with van der Waals surface area (Å²) < 4.78 is 27.3. The van der Waals surface area contributed by atoms with Crippen LogP contribution in [-0.2, 0) is 32.6 Å². The Morgan fingerprint density at radius 3 is 2.45 bits per heavy atom. The summed E-state index contributed by atoms with van der Waals surface area (Å²) in [6, 6.07) is 12.7. The Hall–Kier alpha value is -2.71. The van der Waals surface area contributed by atoms with Gasteiger partial charge >= 0.3 is 0 Å². The molecule has 1 N–H and O–H groups in total. The molecule has 0 bridgehead atoms. The van der Waals surface area contributed by atoms with Gasteiger partial charge in [0.25, 0.3) is 0 Å². The van der Waals surface area contributed by atoms with E-state index in [0.717, 1.165) is 45.9 Å². The highest BCUT2D eigenvalue weighted by molar-refractivity contribution is 7.89. The van der Waals surface area contributed by atoms with Gasteiger partial charge in [0.2, 0.25) is 21.8 Å². The molecule has 8 heteroatoms. The molecule has 0 spiro atoms. The summed E-state index contributed by atoms with van der Waals surface area (Å²) in [4.78, 5) is 27.2. The first-order chi connectivity index (χ1) is 15.7. The molecule has 1 saturated carbocycles. The van der Waals surface area contributed by atoms with Gasteiger partial charge in [0.1, 0.15) is 0 Å². The van der Waals surface area contributed by atoms with E-state index < -0.39 is 10.0 Å². The quantitative estimate of drug-likeness (QED) is 0.675. The third-order valence-electron chi connectivity index (χ3n) is 6.64. The van der Waals surface area contributed by atoms with E-state index in [1.807, 2.05) is 43.0 Å². The van der Waals surface area contributed by atoms with Crippen LogP contribution >= 0.6 is 0 Å². The minimum absolute atomic E-state index is 0.0105. The van der Waals surface area contributed by atoms with Gasteiger partial charge in [-0.05, 0) is 62.4 Å². The number of amides is 2. The Balaban J connectivity index is 1.42. The number of nitrogens with zero attached hydrogens (tertiary/aromatic N) is 2. The van der Waals surface area contributed by atoms with Gasteiger partial charge in [-0.15, -0.1) is 0 Å². The molecule has 33 heavy (non-hydrogen) atoms. The molecule has 2 aromatic rings. The molecule has 7 nitrogen and oxygen atoms in total. The lowest BCUT2D eigenvalue weighted by Crippen LogP contribution is -2.42. The predicted octanol–water partition coefficient (Wildman–Crippen LogP) is 3.01. The van der Waals surface area contributed by atoms with Gasteiger partial charge in [-0.2, -0.15) is 4.31 Å². The van der Waals surface area contributed by atoms with Crippen LogP contribution in [0.25, 0.3) is 0 Å². The fourth-order valence-corrected chi connectivity index (χ4v) is 5.56. The third kappa shape index (κ3) is 4.82. The number of nitrogens with one attached hydrogen (secondary N) is 1. The van der Waals surface area contributed by atoms with Gasteiger partial charge in [0, 0.05) is 31.2 Å². The van der Waals surface area contributed by atoms with Crippen LogP contribution in [0.5, 0.6) is 0 Å². The van der Waals surface area contributed by atoms with Crippen molar-refractivity contribution in [3.05, 3.63) is 59.2 Å². The first kappa shape index (κ1) is 23.4. The summed E-state index contributed by atoms with van der Waals surface area (Å²) in [6.07, 6.45) is 3.58. The monoisotopic (exact) mass is 469 g/mol. The van der Waals surface area contributed by atoms with Crippen molar-refractivity contribution in [3.8, 4) is 0 Å². The molecular formula is C25H31N3O4S. The number of carbonyl (C=O) groups excluding carboxylic acids is 2. The summed E-state index contributed by atoms with van der Waals surface area (Å²) in [5.74, 6) is -0.134. The molecule has 2 aromatic carbocycles. The lowest BCUT2D eigenvalue weighted by molar-refractivity contribution is -0.125. The molecular weight excluding hydrogens is 438 g/mol. The number of fused-ring (bicyclic) bond motifs is 1. The normalized spacial score (nSPS) is 18.2. The molecule has 1 fully saturated rings. The fraction of sp³-hybridized carbons (Fsp3) is 0.440. The predicted molar refractivity (Wildman–Crippen MR) is 127 cm³/mol. The van der Waals surface area contributed by atoms with E-state index in [9.17, 15) is 18.0 Å². The highest BCUT2D eigenvalue weighted by Gasteiger charge is 2.37. The minimum Gasteiger partial charge on any atom is -0.351 e. The smallest absolute Gasteiger partial charge is 0.243 e. The van der Waals surface area contributed by atoms with Crippen LogP contribution in [0, 0.1) is 12.8 Å². The van der Waals surface area contributed by atoms with Gasteiger partial charge in [0.05, 0.1) is 11.4 Å². The molecule has 2 aliphatic rings. The number of hydrogen-bond acceptors (Lipinski definition) is 4. The Bertz CT molecular complexity index is 1160. The summed E-state index contributed by atoms with van der Waals surface area (Å²) >= 11 is 0. The molecule has 4 rings (SSSR count). The van der Waals surface area contributed by atoms with Crippen LogP contribution in [0.15, 0.2) is 47.4 Å². The summed E-state index contributed by atoms with van der Waals surface area (Å²) in [5.41, 5.74) is 3.74. The maximum absolute atomic E-state index is 13.1. The zero-order chi connectivity index (χ0) is 23.8. The number of likely N-dealkylation sites (N-methyl/N-ethyl adjacent to an activating group) is 1. The van der Waals surface area contributed by atoms with Gasteiger partial charge in [-0.25, -0.2) is 8.42 Å². The van der Waals surface area contributed by atoms with Crippen molar-refractivity contribution in [2.75, 3.05) is 18.5 Å². The standard InChI is InChI=1S/C25H31N3O4S/c1-17-7-9-19(10-8-17)15-26-24(29)16-27(3)33(31,32)22-11-12-23-21(14-22)13-18(2)28(23)25(30)20-5-4-6-20/h7-12,14,18,20H,4-6,13,15-16H2,1-3H3,(H,26,29)/t18-/m0/s1. The van der Waals surface area contributed by atoms with Crippen molar-refractivity contribution in [3.63, 3.8) is 0 Å². The van der Waals surface area contributed by atoms with Gasteiger partial charge in [0.15, 0.2) is 0 Å². The number of anilines is 1. The van der Waals surface area contributed by atoms with Crippen molar-refractivity contribution >= 4 is 27.5 Å². The first-order valence-electron chi connectivity index (χ1n) is 11.4. The Kier molecular flexibility index (Phi) is 6.59. The van der Waals surface area contributed by atoms with E-state index in [1.165, 1.54) is 13.1 Å². The molecule has 2 amide bonds. The number of sulfonamides is 1. The lowest BCUT2D eigenvalue weighted by atomic mass is 9.84. The molecule has 1 atom stereocenters. The molecule has 176 valence electrons. The molecule has 1 aliphatic carbocycles. The van der Waals surface area contributed by atoms with Crippen molar-refractivity contribution in [2.24, 2.45) is 5.92 Å². The van der Waals surface area contributed by atoms with Gasteiger partial charge < -0.3 is 10.2 Å². The van der Waals surface area contributed by atoms with E-state index in [4.69, 9.17) is 0 Å². The van der Waals surface area contributed by atoms with Gasteiger partial charge in [-0.1, -0.05) is 36.2 Å². The number of carbonyl (C=O) groups is 2. The van der Waals surface area contributed by atoms with Crippen LogP contribution in [0.4, 0.5) is 5.69 Å². The molecule has 0 aromatic heterocycles. The van der Waals surface area contributed by atoms with Crippen molar-refractivity contribution < 1.29 is 18.0 Å². The van der Waals surface area contributed by atoms with Crippen molar-refractivity contribution in [2.45, 2.75) is 57.0 Å². The van der Waals surface area contributed by atoms with Crippen LogP contribution < -0.4 is 10.2 Å². The van der Waals surface area contributed by atoms with Gasteiger partial charge in [-0.3, -0.25) is 9.59 Å². The second-order valence-electron chi connectivity index (χ2n) is 9.20. The molecule has 0 saturated heterocycles. The van der Waals surface area contributed by atoms with E-state index in [-0.39, 0.29) is 35.2 Å². The van der Waals surface area contributed by atoms with Crippen LogP contribution in [0.3, 0.4) is 0 Å². The van der Waals surface area contributed by atoms with Crippen molar-refractivity contribution in [1.29, 1.82) is 0 Å². The maximum Gasteiger partial charge on any atom is 0.243 e. The molecule has 1 aliphatic heterocycles. The third-order valence-corrected chi connectivity index (χ3v) is 8.44.